The topological polar surface area (TPSA) is 43.6 Å². The van der Waals surface area contributed by atoms with Crippen LogP contribution in [0.3, 0.4) is 0 Å². The van der Waals surface area contributed by atoms with Gasteiger partial charge in [-0.25, -0.2) is 4.98 Å². The first kappa shape index (κ1) is 32.8. The Morgan fingerprint density at radius 1 is 0.571 bits per heavy atom. The van der Waals surface area contributed by atoms with Gasteiger partial charge < -0.3 is 0 Å². The molecule has 0 unspecified atom stereocenters. The van der Waals surface area contributed by atoms with Crippen molar-refractivity contribution in [2.45, 2.75) is 45.4 Å². The molecule has 0 radical (unpaired) electrons. The number of fused-ring (bicyclic) bond motifs is 8. The molecular formula is C52H40N4. The molecule has 0 aliphatic heterocycles. The summed E-state index contributed by atoms with van der Waals surface area (Å²) in [7, 11) is 0. The minimum absolute atomic E-state index is 0.115. The van der Waals surface area contributed by atoms with Gasteiger partial charge in [-0.15, -0.1) is 0 Å². The lowest BCUT2D eigenvalue weighted by molar-refractivity contribution is 0.593. The van der Waals surface area contributed by atoms with Crippen molar-refractivity contribution in [1.29, 1.82) is 0 Å². The van der Waals surface area contributed by atoms with Crippen molar-refractivity contribution in [3.63, 3.8) is 0 Å². The van der Waals surface area contributed by atoms with Crippen molar-refractivity contribution in [1.82, 2.24) is 19.5 Å². The van der Waals surface area contributed by atoms with E-state index in [1.54, 1.807) is 0 Å². The summed E-state index contributed by atoms with van der Waals surface area (Å²) in [6.45, 7) is 11.5. The molecule has 1 aliphatic carbocycles. The van der Waals surface area contributed by atoms with Gasteiger partial charge in [0.1, 0.15) is 0 Å². The zero-order valence-electron chi connectivity index (χ0n) is 31.9. The SMILES string of the molecule is C=CC1=C(CCCC)C(C)(C)c2cc3c4cc5c(c6cccc(c7cccc(c21)c73)c46)c1ccccc1n5-c1nc(-c2ccccc2)nc(-c2ccccc2)n1. The van der Waals surface area contributed by atoms with E-state index in [2.05, 4.69) is 135 Å². The van der Waals surface area contributed by atoms with Crippen molar-refractivity contribution in [3.8, 4) is 28.7 Å². The molecule has 0 fully saturated rings. The van der Waals surface area contributed by atoms with Gasteiger partial charge >= 0.3 is 0 Å². The van der Waals surface area contributed by atoms with Crippen molar-refractivity contribution in [3.05, 3.63) is 163 Å². The van der Waals surface area contributed by atoms with E-state index < -0.39 is 0 Å². The van der Waals surface area contributed by atoms with E-state index >= 15 is 0 Å². The van der Waals surface area contributed by atoms with Gasteiger partial charge in [-0.1, -0.05) is 161 Å². The average Bonchev–Trinajstić information content (AvgIpc) is 3.69. The van der Waals surface area contributed by atoms with E-state index in [1.165, 1.54) is 89.0 Å². The molecule has 4 heteroatoms. The van der Waals surface area contributed by atoms with Crippen LogP contribution in [0.2, 0.25) is 0 Å². The predicted molar refractivity (Wildman–Crippen MR) is 236 cm³/mol. The Balaban J connectivity index is 1.30. The molecular weight excluding hydrogens is 681 g/mol. The molecule has 8 aromatic carbocycles. The number of aromatic nitrogens is 4. The predicted octanol–water partition coefficient (Wildman–Crippen LogP) is 13.8. The van der Waals surface area contributed by atoms with Crippen molar-refractivity contribution in [2.75, 3.05) is 0 Å². The first-order valence-corrected chi connectivity index (χ1v) is 19.8. The normalized spacial score (nSPS) is 14.0. The quantitative estimate of drug-likeness (QED) is 0.122. The Bertz CT molecular complexity index is 3200. The Kier molecular flexibility index (Phi) is 7.12. The highest BCUT2D eigenvalue weighted by Crippen LogP contribution is 2.54. The second-order valence-corrected chi connectivity index (χ2v) is 15.8. The Morgan fingerprint density at radius 2 is 1.14 bits per heavy atom. The molecule has 1 aliphatic rings. The number of para-hydroxylation sites is 1. The van der Waals surface area contributed by atoms with Gasteiger partial charge in [-0.05, 0) is 90.8 Å². The van der Waals surface area contributed by atoms with Crippen molar-refractivity contribution >= 4 is 70.5 Å². The number of rotatable bonds is 7. The first-order chi connectivity index (χ1) is 27.5. The highest BCUT2D eigenvalue weighted by Gasteiger charge is 2.38. The summed E-state index contributed by atoms with van der Waals surface area (Å²) in [6.07, 6.45) is 5.53. The van der Waals surface area contributed by atoms with Gasteiger partial charge in [0, 0.05) is 27.3 Å². The number of unbranched alkanes of at least 4 members (excludes halogenated alkanes) is 1. The molecule has 0 spiro atoms. The summed E-state index contributed by atoms with van der Waals surface area (Å²) in [5.74, 6) is 1.89. The maximum Gasteiger partial charge on any atom is 0.238 e. The fourth-order valence-corrected chi connectivity index (χ4v) is 9.87. The zero-order valence-corrected chi connectivity index (χ0v) is 31.9. The second kappa shape index (κ2) is 12.2. The minimum Gasteiger partial charge on any atom is -0.278 e. The molecule has 2 aromatic heterocycles. The lowest BCUT2D eigenvalue weighted by Gasteiger charge is -2.26. The second-order valence-electron chi connectivity index (χ2n) is 15.8. The molecule has 4 nitrogen and oxygen atoms in total. The van der Waals surface area contributed by atoms with Crippen LogP contribution in [0.25, 0.3) is 99.2 Å². The summed E-state index contributed by atoms with van der Waals surface area (Å²) in [6, 6.07) is 47.9. The van der Waals surface area contributed by atoms with E-state index in [0.717, 1.165) is 28.6 Å². The van der Waals surface area contributed by atoms with Crippen LogP contribution < -0.4 is 0 Å². The fraction of sp³-hybridized carbons (Fsp3) is 0.135. The Labute approximate surface area is 325 Å². The van der Waals surface area contributed by atoms with Crippen LogP contribution in [0.15, 0.2) is 152 Å². The Morgan fingerprint density at radius 3 is 1.80 bits per heavy atom. The zero-order chi connectivity index (χ0) is 37.7. The summed E-state index contributed by atoms with van der Waals surface area (Å²) in [4.78, 5) is 15.5. The van der Waals surface area contributed by atoms with Gasteiger partial charge in [0.25, 0.3) is 0 Å². The molecule has 0 amide bonds. The average molecular weight is 721 g/mol. The number of benzene rings is 8. The molecule has 11 rings (SSSR count). The fourth-order valence-electron chi connectivity index (χ4n) is 9.87. The van der Waals surface area contributed by atoms with Crippen molar-refractivity contribution in [2.24, 2.45) is 0 Å². The van der Waals surface area contributed by atoms with Crippen LogP contribution in [0, 0.1) is 0 Å². The highest BCUT2D eigenvalue weighted by molar-refractivity contribution is 6.39. The largest absolute Gasteiger partial charge is 0.278 e. The van der Waals surface area contributed by atoms with Gasteiger partial charge in [0.05, 0.1) is 11.0 Å². The monoisotopic (exact) mass is 720 g/mol. The Hall–Kier alpha value is -6.65. The minimum atomic E-state index is -0.115. The molecule has 0 bridgehead atoms. The van der Waals surface area contributed by atoms with Crippen LogP contribution in [0.1, 0.15) is 51.2 Å². The van der Waals surface area contributed by atoms with Crippen LogP contribution in [0.4, 0.5) is 0 Å². The molecule has 2 heterocycles. The smallest absolute Gasteiger partial charge is 0.238 e. The first-order valence-electron chi connectivity index (χ1n) is 19.8. The number of allylic oxidation sites excluding steroid dienone is 3. The van der Waals surface area contributed by atoms with Crippen molar-refractivity contribution < 1.29 is 0 Å². The third kappa shape index (κ3) is 4.50. The summed E-state index contributed by atoms with van der Waals surface area (Å²) >= 11 is 0. The van der Waals surface area contributed by atoms with Crippen LogP contribution in [-0.4, -0.2) is 19.5 Å². The van der Waals surface area contributed by atoms with Gasteiger partial charge in [0.2, 0.25) is 5.95 Å². The number of hydrogen-bond donors (Lipinski definition) is 0. The van der Waals surface area contributed by atoms with E-state index in [4.69, 9.17) is 15.0 Å². The molecule has 10 aromatic rings. The van der Waals surface area contributed by atoms with Gasteiger partial charge in [-0.3, -0.25) is 4.57 Å². The van der Waals surface area contributed by atoms with Gasteiger partial charge in [0.15, 0.2) is 11.6 Å². The van der Waals surface area contributed by atoms with Crippen LogP contribution in [0.5, 0.6) is 0 Å². The van der Waals surface area contributed by atoms with E-state index in [9.17, 15) is 0 Å². The highest BCUT2D eigenvalue weighted by atomic mass is 15.2. The lowest BCUT2D eigenvalue weighted by Crippen LogP contribution is -2.17. The standard InChI is InChI=1S/C52H40N4/c1-5-7-27-41-33(6-2)47-37-25-16-23-34-35-24-17-26-38-46(35)40(39(45(34)37)29-42(47)52(41,3)4)30-44-48(38)36-22-14-15-28-43(36)56(44)51-54-49(31-18-10-8-11-19-31)53-50(55-51)32-20-12-9-13-21-32/h6,8-26,28-30H,2,5,7,27H2,1,3-4H3. The van der Waals surface area contributed by atoms with E-state index in [-0.39, 0.29) is 5.41 Å². The molecule has 0 saturated heterocycles. The third-order valence-electron chi connectivity index (χ3n) is 12.4. The van der Waals surface area contributed by atoms with E-state index in [1.807, 2.05) is 36.4 Å². The molecule has 0 N–H and O–H groups in total. The summed E-state index contributed by atoms with van der Waals surface area (Å²) in [5.41, 5.74) is 9.50. The summed E-state index contributed by atoms with van der Waals surface area (Å²) in [5, 5.41) is 12.7. The maximum atomic E-state index is 5.26. The van der Waals surface area contributed by atoms with Gasteiger partial charge in [-0.2, -0.15) is 9.97 Å². The molecule has 0 saturated carbocycles. The number of hydrogen-bond acceptors (Lipinski definition) is 3. The third-order valence-corrected chi connectivity index (χ3v) is 12.4. The van der Waals surface area contributed by atoms with Crippen LogP contribution in [-0.2, 0) is 5.41 Å². The molecule has 56 heavy (non-hydrogen) atoms. The lowest BCUT2D eigenvalue weighted by atomic mass is 9.77. The summed E-state index contributed by atoms with van der Waals surface area (Å²) < 4.78 is 2.27. The maximum absolute atomic E-state index is 5.26. The van der Waals surface area contributed by atoms with Crippen LogP contribution >= 0.6 is 0 Å². The van der Waals surface area contributed by atoms with E-state index in [0.29, 0.717) is 17.6 Å². The molecule has 0 atom stereocenters. The number of nitrogens with zero attached hydrogens (tertiary/aromatic N) is 4. The molecule has 268 valence electrons.